The number of amides is 1. The molecule has 4 rings (SSSR count). The number of rotatable bonds is 7. The lowest BCUT2D eigenvalue weighted by molar-refractivity contribution is -0.141. The van der Waals surface area contributed by atoms with Crippen molar-refractivity contribution in [1.29, 1.82) is 0 Å². The van der Waals surface area contributed by atoms with Crippen LogP contribution in [-0.4, -0.2) is 39.3 Å². The Labute approximate surface area is 204 Å². The van der Waals surface area contributed by atoms with Gasteiger partial charge in [0.2, 0.25) is 5.91 Å². The lowest BCUT2D eigenvalue weighted by atomic mass is 9.98. The summed E-state index contributed by atoms with van der Waals surface area (Å²) in [6.07, 6.45) is 0.00431. The van der Waals surface area contributed by atoms with Gasteiger partial charge in [-0.15, -0.1) is 0 Å². The number of aromatic nitrogens is 1. The highest BCUT2D eigenvalue weighted by Gasteiger charge is 2.35. The molecule has 3 aromatic rings. The molecule has 0 saturated carbocycles. The van der Waals surface area contributed by atoms with Crippen molar-refractivity contribution in [3.05, 3.63) is 69.3 Å². The standard InChI is InChI=1S/C24H21BrClN3O4/c1-2-33-17-7-6-15-11-18(24(26)27-19(15)12-17)21-13-20(14-4-3-5-16(25)10-14)28-29(21)22(30)8-9-23(31)32/h3-7,10-12,21H,2,8-9,13H2,1H3,(H,31,32). The fourth-order valence-corrected chi connectivity index (χ4v) is 4.45. The molecule has 1 aromatic heterocycles. The van der Waals surface area contributed by atoms with E-state index in [9.17, 15) is 9.59 Å². The van der Waals surface area contributed by atoms with Gasteiger partial charge < -0.3 is 9.84 Å². The molecule has 33 heavy (non-hydrogen) atoms. The summed E-state index contributed by atoms with van der Waals surface area (Å²) in [6, 6.07) is 14.6. The van der Waals surface area contributed by atoms with Gasteiger partial charge in [-0.2, -0.15) is 5.10 Å². The first kappa shape index (κ1) is 23.2. The van der Waals surface area contributed by atoms with Crippen molar-refractivity contribution in [3.8, 4) is 5.75 Å². The Morgan fingerprint density at radius 3 is 2.76 bits per heavy atom. The average Bonchev–Trinajstić information content (AvgIpc) is 3.22. The van der Waals surface area contributed by atoms with Crippen LogP contribution in [-0.2, 0) is 9.59 Å². The van der Waals surface area contributed by atoms with E-state index in [1.807, 2.05) is 55.5 Å². The number of halogens is 2. The molecular weight excluding hydrogens is 510 g/mol. The van der Waals surface area contributed by atoms with Gasteiger partial charge in [0.15, 0.2) is 0 Å². The van der Waals surface area contributed by atoms with E-state index in [1.165, 1.54) is 5.01 Å². The van der Waals surface area contributed by atoms with E-state index in [4.69, 9.17) is 21.4 Å². The second-order valence-electron chi connectivity index (χ2n) is 7.56. The number of nitrogens with zero attached hydrogens (tertiary/aromatic N) is 3. The van der Waals surface area contributed by atoms with Gasteiger partial charge >= 0.3 is 5.97 Å². The Morgan fingerprint density at radius 1 is 1.21 bits per heavy atom. The smallest absolute Gasteiger partial charge is 0.303 e. The molecule has 0 spiro atoms. The van der Waals surface area contributed by atoms with E-state index in [2.05, 4.69) is 26.0 Å². The molecule has 1 N–H and O–H groups in total. The minimum atomic E-state index is -1.04. The van der Waals surface area contributed by atoms with E-state index in [1.54, 1.807) is 0 Å². The minimum Gasteiger partial charge on any atom is -0.494 e. The number of hydrazone groups is 1. The van der Waals surface area contributed by atoms with E-state index in [-0.39, 0.29) is 23.9 Å². The predicted octanol–water partition coefficient (Wildman–Crippen LogP) is 5.59. The monoisotopic (exact) mass is 529 g/mol. The Bertz CT molecular complexity index is 1260. The molecular formula is C24H21BrClN3O4. The number of hydrogen-bond acceptors (Lipinski definition) is 5. The predicted molar refractivity (Wildman–Crippen MR) is 130 cm³/mol. The number of benzene rings is 2. The van der Waals surface area contributed by atoms with Crippen molar-refractivity contribution in [3.63, 3.8) is 0 Å². The number of carboxylic acid groups (broad SMARTS) is 1. The summed E-state index contributed by atoms with van der Waals surface area (Å²) < 4.78 is 6.44. The van der Waals surface area contributed by atoms with Crippen LogP contribution >= 0.6 is 27.5 Å². The molecule has 0 radical (unpaired) electrons. The lowest BCUT2D eigenvalue weighted by Crippen LogP contribution is -2.27. The molecule has 1 aliphatic rings. The van der Waals surface area contributed by atoms with Gasteiger partial charge in [-0.25, -0.2) is 9.99 Å². The fraction of sp³-hybridized carbons (Fsp3) is 0.250. The molecule has 7 nitrogen and oxygen atoms in total. The van der Waals surface area contributed by atoms with Crippen molar-refractivity contribution in [2.45, 2.75) is 32.2 Å². The molecule has 0 bridgehead atoms. The van der Waals surface area contributed by atoms with Gasteiger partial charge in [-0.05, 0) is 42.8 Å². The molecule has 1 atom stereocenters. The van der Waals surface area contributed by atoms with Crippen molar-refractivity contribution in [2.24, 2.45) is 5.10 Å². The normalized spacial score (nSPS) is 15.5. The van der Waals surface area contributed by atoms with Gasteiger partial charge in [-0.1, -0.05) is 39.7 Å². The molecule has 1 aliphatic heterocycles. The zero-order valence-electron chi connectivity index (χ0n) is 17.8. The number of carbonyl (C=O) groups excluding carboxylic acids is 1. The SMILES string of the molecule is CCOc1ccc2cc(C3CC(c4cccc(Br)c4)=NN3C(=O)CCC(=O)O)c(Cl)nc2c1. The van der Waals surface area contributed by atoms with Crippen LogP contribution in [0.5, 0.6) is 5.75 Å². The van der Waals surface area contributed by atoms with Crippen LogP contribution in [0.1, 0.15) is 43.4 Å². The second-order valence-corrected chi connectivity index (χ2v) is 8.84. The summed E-state index contributed by atoms with van der Waals surface area (Å²) >= 11 is 10.1. The van der Waals surface area contributed by atoms with Crippen molar-refractivity contribution >= 4 is 56.0 Å². The summed E-state index contributed by atoms with van der Waals surface area (Å²) in [4.78, 5) is 28.5. The molecule has 9 heteroatoms. The van der Waals surface area contributed by atoms with Crippen LogP contribution in [0.25, 0.3) is 10.9 Å². The molecule has 0 saturated heterocycles. The quantitative estimate of drug-likeness (QED) is 0.402. The number of ether oxygens (including phenoxy) is 1. The highest BCUT2D eigenvalue weighted by molar-refractivity contribution is 9.10. The van der Waals surface area contributed by atoms with Gasteiger partial charge in [0.25, 0.3) is 0 Å². The third-order valence-corrected chi connectivity index (χ3v) is 6.11. The van der Waals surface area contributed by atoms with Crippen molar-refractivity contribution in [1.82, 2.24) is 9.99 Å². The molecule has 2 heterocycles. The minimum absolute atomic E-state index is 0.155. The number of carbonyl (C=O) groups is 2. The van der Waals surface area contributed by atoms with Crippen LogP contribution in [0.15, 0.2) is 58.1 Å². The van der Waals surface area contributed by atoms with E-state index >= 15 is 0 Å². The zero-order valence-corrected chi connectivity index (χ0v) is 20.1. The Balaban J connectivity index is 1.72. The maximum Gasteiger partial charge on any atom is 0.303 e. The Kier molecular flexibility index (Phi) is 6.95. The summed E-state index contributed by atoms with van der Waals surface area (Å²) in [5.74, 6) is -0.714. The molecule has 1 unspecified atom stereocenters. The summed E-state index contributed by atoms with van der Waals surface area (Å²) in [6.45, 7) is 2.45. The first-order valence-electron chi connectivity index (χ1n) is 10.5. The van der Waals surface area contributed by atoms with E-state index in [0.29, 0.717) is 35.6 Å². The van der Waals surface area contributed by atoms with Gasteiger partial charge in [0, 0.05) is 34.3 Å². The molecule has 170 valence electrons. The van der Waals surface area contributed by atoms with Gasteiger partial charge in [0.05, 0.1) is 30.3 Å². The summed E-state index contributed by atoms with van der Waals surface area (Å²) in [5, 5.41) is 16.1. The molecule has 1 amide bonds. The number of carboxylic acids is 1. The van der Waals surface area contributed by atoms with Crippen LogP contribution in [0.4, 0.5) is 0 Å². The van der Waals surface area contributed by atoms with Crippen LogP contribution in [0, 0.1) is 0 Å². The third kappa shape index (κ3) is 5.17. The second kappa shape index (κ2) is 9.89. The molecule has 0 fully saturated rings. The molecule has 0 aliphatic carbocycles. The first-order chi connectivity index (χ1) is 15.9. The maximum absolute atomic E-state index is 12.9. The Morgan fingerprint density at radius 2 is 2.03 bits per heavy atom. The van der Waals surface area contributed by atoms with Crippen LogP contribution < -0.4 is 4.74 Å². The summed E-state index contributed by atoms with van der Waals surface area (Å²) in [5.41, 5.74) is 2.93. The number of hydrogen-bond donors (Lipinski definition) is 1. The number of fused-ring (bicyclic) bond motifs is 1. The average molecular weight is 531 g/mol. The fourth-order valence-electron chi connectivity index (χ4n) is 3.78. The van der Waals surface area contributed by atoms with Crippen LogP contribution in [0.2, 0.25) is 5.15 Å². The van der Waals surface area contributed by atoms with Gasteiger partial charge in [-0.3, -0.25) is 9.59 Å². The topological polar surface area (TPSA) is 92.1 Å². The number of pyridine rings is 1. The highest BCUT2D eigenvalue weighted by Crippen LogP contribution is 2.38. The summed E-state index contributed by atoms with van der Waals surface area (Å²) in [7, 11) is 0. The van der Waals surface area contributed by atoms with Gasteiger partial charge in [0.1, 0.15) is 10.9 Å². The highest BCUT2D eigenvalue weighted by atomic mass is 79.9. The lowest BCUT2D eigenvalue weighted by Gasteiger charge is -2.23. The van der Waals surface area contributed by atoms with Crippen LogP contribution in [0.3, 0.4) is 0 Å². The van der Waals surface area contributed by atoms with E-state index < -0.39 is 12.0 Å². The number of aliphatic carboxylic acids is 1. The Hall–Kier alpha value is -2.97. The molecule has 2 aromatic carbocycles. The largest absolute Gasteiger partial charge is 0.494 e. The van der Waals surface area contributed by atoms with Crippen molar-refractivity contribution in [2.75, 3.05) is 6.61 Å². The van der Waals surface area contributed by atoms with Crippen molar-refractivity contribution < 1.29 is 19.4 Å². The third-order valence-electron chi connectivity index (χ3n) is 5.32. The van der Waals surface area contributed by atoms with E-state index in [0.717, 1.165) is 15.4 Å². The maximum atomic E-state index is 12.9. The first-order valence-corrected chi connectivity index (χ1v) is 11.6. The zero-order chi connectivity index (χ0) is 23.5.